The van der Waals surface area contributed by atoms with E-state index in [1.165, 1.54) is 6.20 Å². The van der Waals surface area contributed by atoms with Crippen molar-refractivity contribution < 1.29 is 14.6 Å². The third kappa shape index (κ3) is 3.55. The molecule has 4 aromatic rings. The Hall–Kier alpha value is -3.50. The van der Waals surface area contributed by atoms with E-state index in [2.05, 4.69) is 32.6 Å². The number of aliphatic hydroxyl groups is 1. The number of hydrogen-bond acceptors (Lipinski definition) is 7. The quantitative estimate of drug-likeness (QED) is 0.392. The number of fused-ring (bicyclic) bond motifs is 2. The van der Waals surface area contributed by atoms with Gasteiger partial charge in [-0.1, -0.05) is 0 Å². The van der Waals surface area contributed by atoms with Crippen molar-refractivity contribution in [1.82, 2.24) is 29.5 Å². The van der Waals surface area contributed by atoms with E-state index in [1.807, 2.05) is 25.4 Å². The Bertz CT molecular complexity index is 1410. The van der Waals surface area contributed by atoms with Gasteiger partial charge in [-0.05, 0) is 44.2 Å². The van der Waals surface area contributed by atoms with Crippen molar-refractivity contribution in [3.8, 4) is 11.3 Å². The fourth-order valence-electron chi connectivity index (χ4n) is 5.38. The molecule has 2 aliphatic carbocycles. The number of ether oxygens (including phenoxy) is 1. The zero-order chi connectivity index (χ0) is 24.1. The van der Waals surface area contributed by atoms with Crippen LogP contribution in [0.15, 0.2) is 36.8 Å². The van der Waals surface area contributed by atoms with Crippen molar-refractivity contribution >= 4 is 28.4 Å². The maximum absolute atomic E-state index is 13.0. The Balaban J connectivity index is 1.47. The van der Waals surface area contributed by atoms with E-state index in [0.29, 0.717) is 23.4 Å². The van der Waals surface area contributed by atoms with Crippen molar-refractivity contribution in [3.63, 3.8) is 0 Å². The summed E-state index contributed by atoms with van der Waals surface area (Å²) >= 11 is 0. The topological polar surface area (TPSA) is 119 Å². The van der Waals surface area contributed by atoms with Crippen molar-refractivity contribution in [2.75, 3.05) is 19.5 Å². The van der Waals surface area contributed by atoms with Gasteiger partial charge in [-0.15, -0.1) is 0 Å². The highest BCUT2D eigenvalue weighted by molar-refractivity contribution is 6.01. The number of anilines is 1. The molecule has 10 nitrogen and oxygen atoms in total. The summed E-state index contributed by atoms with van der Waals surface area (Å²) in [6, 6.07) is 5.90. The normalized spacial score (nSPS) is 24.1. The zero-order valence-corrected chi connectivity index (χ0v) is 19.8. The lowest BCUT2D eigenvalue weighted by Crippen LogP contribution is -2.50. The van der Waals surface area contributed by atoms with Gasteiger partial charge in [0.15, 0.2) is 5.65 Å². The summed E-state index contributed by atoms with van der Waals surface area (Å²) in [7, 11) is 3.59. The molecule has 35 heavy (non-hydrogen) atoms. The van der Waals surface area contributed by atoms with E-state index in [1.54, 1.807) is 11.6 Å². The van der Waals surface area contributed by atoms with Gasteiger partial charge < -0.3 is 25.0 Å². The fraction of sp³-hybridized carbons (Fsp3) is 0.440. The molecule has 3 N–H and O–H groups in total. The summed E-state index contributed by atoms with van der Waals surface area (Å²) in [5.74, 6) is 0.432. The lowest BCUT2D eigenvalue weighted by atomic mass is 9.89. The molecule has 0 bridgehead atoms. The second-order valence-corrected chi connectivity index (χ2v) is 9.39. The molecule has 0 aliphatic heterocycles. The van der Waals surface area contributed by atoms with Gasteiger partial charge >= 0.3 is 0 Å². The van der Waals surface area contributed by atoms with Gasteiger partial charge in [-0.3, -0.25) is 4.79 Å². The molecule has 10 heteroatoms. The van der Waals surface area contributed by atoms with E-state index in [-0.39, 0.29) is 24.1 Å². The van der Waals surface area contributed by atoms with Crippen LogP contribution in [0.4, 0.5) is 5.82 Å². The van der Waals surface area contributed by atoms with Gasteiger partial charge in [0.2, 0.25) is 0 Å². The molecular formula is C25H29N7O3. The molecule has 182 valence electrons. The fourth-order valence-corrected chi connectivity index (χ4v) is 5.38. The van der Waals surface area contributed by atoms with Gasteiger partial charge in [0, 0.05) is 43.6 Å². The van der Waals surface area contributed by atoms with Gasteiger partial charge in [-0.25, -0.2) is 9.97 Å². The number of carbonyl (C=O) groups is 1. The molecule has 6 rings (SSSR count). The zero-order valence-electron chi connectivity index (χ0n) is 19.8. The van der Waals surface area contributed by atoms with E-state index >= 15 is 0 Å². The van der Waals surface area contributed by atoms with Crippen molar-refractivity contribution in [2.24, 2.45) is 0 Å². The largest absolute Gasteiger partial charge is 0.391 e. The Morgan fingerprint density at radius 1 is 1.23 bits per heavy atom. The van der Waals surface area contributed by atoms with Crippen LogP contribution in [0.1, 0.15) is 48.5 Å². The highest BCUT2D eigenvalue weighted by Gasteiger charge is 2.32. The van der Waals surface area contributed by atoms with Crippen LogP contribution >= 0.6 is 0 Å². The summed E-state index contributed by atoms with van der Waals surface area (Å²) in [6.45, 7) is 0. The van der Waals surface area contributed by atoms with Gasteiger partial charge in [-0.2, -0.15) is 9.61 Å². The minimum atomic E-state index is -0.498. The van der Waals surface area contributed by atoms with Gasteiger partial charge in [0.1, 0.15) is 17.0 Å². The van der Waals surface area contributed by atoms with Crippen LogP contribution in [0.2, 0.25) is 0 Å². The monoisotopic (exact) mass is 475 g/mol. The Kier molecular flexibility index (Phi) is 5.42. The molecule has 2 aliphatic rings. The lowest BCUT2D eigenvalue weighted by Gasteiger charge is -2.32. The van der Waals surface area contributed by atoms with Crippen molar-refractivity contribution in [1.29, 1.82) is 0 Å². The Labute approximate surface area is 202 Å². The van der Waals surface area contributed by atoms with E-state index in [4.69, 9.17) is 14.7 Å². The lowest BCUT2D eigenvalue weighted by molar-refractivity contribution is 0.0448. The first-order chi connectivity index (χ1) is 17.1. The molecule has 0 radical (unpaired) electrons. The number of rotatable bonds is 6. The molecule has 1 unspecified atom stereocenters. The molecule has 0 spiro atoms. The van der Waals surface area contributed by atoms with Crippen molar-refractivity contribution in [2.45, 2.75) is 56.4 Å². The summed E-state index contributed by atoms with van der Waals surface area (Å²) in [4.78, 5) is 22.6. The number of nitrogens with one attached hydrogen (secondary N) is 2. The highest BCUT2D eigenvalue weighted by atomic mass is 16.5. The average molecular weight is 476 g/mol. The Morgan fingerprint density at radius 3 is 2.86 bits per heavy atom. The van der Waals surface area contributed by atoms with E-state index in [9.17, 15) is 9.90 Å². The number of methoxy groups -OCH3 is 1. The minimum Gasteiger partial charge on any atom is -0.391 e. The van der Waals surface area contributed by atoms with Crippen molar-refractivity contribution in [3.05, 3.63) is 42.4 Å². The predicted octanol–water partition coefficient (Wildman–Crippen LogP) is 2.78. The van der Waals surface area contributed by atoms with Gasteiger partial charge in [0.05, 0.1) is 36.2 Å². The van der Waals surface area contributed by atoms with E-state index in [0.717, 1.165) is 48.0 Å². The number of carbonyl (C=O) groups excluding carboxylic acids is 1. The second kappa shape index (κ2) is 8.62. The molecule has 2 saturated carbocycles. The number of pyridine rings is 1. The van der Waals surface area contributed by atoms with E-state index < -0.39 is 6.10 Å². The second-order valence-electron chi connectivity index (χ2n) is 9.39. The molecule has 4 aromatic heterocycles. The minimum absolute atomic E-state index is 0.149. The Morgan fingerprint density at radius 2 is 2.11 bits per heavy atom. The molecule has 0 saturated heterocycles. The smallest absolute Gasteiger partial charge is 0.257 e. The standard InChI is InChI=1S/C25H29N7O3/c1-26-22-11-18(29-24-15(12-28-32(22)24)25(34)30-17-8-9-20(17)33)16-13-31(19-6-3-7-21(19)35-2)23-14(16)5-4-10-27-23/h4-5,10-13,17,19-21,26,33H,3,6-9H2,1-2H3,(H,30,34)/t17-,19-,20?,21-/m0/s1. The molecule has 0 aromatic carbocycles. The first-order valence-corrected chi connectivity index (χ1v) is 12.1. The number of aliphatic hydroxyl groups excluding tert-OH is 1. The van der Waals surface area contributed by atoms with Crippen LogP contribution in [0.5, 0.6) is 0 Å². The summed E-state index contributed by atoms with van der Waals surface area (Å²) < 4.78 is 9.62. The third-order valence-corrected chi connectivity index (χ3v) is 7.47. The number of amides is 1. The first-order valence-electron chi connectivity index (χ1n) is 12.1. The summed E-state index contributed by atoms with van der Waals surface area (Å²) in [6.07, 6.45) is 9.74. The molecule has 4 heterocycles. The van der Waals surface area contributed by atoms with Crippen LogP contribution in [-0.2, 0) is 4.74 Å². The van der Waals surface area contributed by atoms with Crippen LogP contribution in [0.3, 0.4) is 0 Å². The van der Waals surface area contributed by atoms with Crippen LogP contribution in [-0.4, -0.2) is 67.6 Å². The maximum Gasteiger partial charge on any atom is 0.257 e. The predicted molar refractivity (Wildman–Crippen MR) is 131 cm³/mol. The maximum atomic E-state index is 13.0. The molecule has 2 fully saturated rings. The van der Waals surface area contributed by atoms with Crippen LogP contribution in [0.25, 0.3) is 27.9 Å². The summed E-state index contributed by atoms with van der Waals surface area (Å²) in [5, 5.41) is 21.4. The SMILES string of the molecule is CNc1cc(-c2cn([C@H]3CCC[C@@H]3OC)c3ncccc23)nc2c(C(=O)N[C@H]3CCC3O)cnn12. The molecule has 4 atom stereocenters. The third-order valence-electron chi connectivity index (χ3n) is 7.47. The number of nitrogens with zero attached hydrogens (tertiary/aromatic N) is 5. The van der Waals surface area contributed by atoms with Crippen LogP contribution in [0, 0.1) is 0 Å². The summed E-state index contributed by atoms with van der Waals surface area (Å²) in [5.41, 5.74) is 3.40. The average Bonchev–Trinajstić information content (AvgIpc) is 3.61. The molecular weight excluding hydrogens is 446 g/mol. The highest BCUT2D eigenvalue weighted by Crippen LogP contribution is 2.38. The number of hydrogen-bond donors (Lipinski definition) is 3. The number of aromatic nitrogens is 5. The first kappa shape index (κ1) is 22.0. The molecule has 1 amide bonds. The van der Waals surface area contributed by atoms with Crippen LogP contribution < -0.4 is 10.6 Å². The van der Waals surface area contributed by atoms with Gasteiger partial charge in [0.25, 0.3) is 5.91 Å².